The van der Waals surface area contributed by atoms with Gasteiger partial charge < -0.3 is 4.74 Å². The van der Waals surface area contributed by atoms with Crippen LogP contribution >= 0.6 is 7.82 Å². The maximum absolute atomic E-state index is 12.0. The first-order valence-corrected chi connectivity index (χ1v) is 8.93. The average molecular weight is 342 g/mol. The van der Waals surface area contributed by atoms with E-state index in [1.54, 1.807) is 57.2 Å². The highest BCUT2D eigenvalue weighted by molar-refractivity contribution is 7.48. The Kier molecular flexibility index (Phi) is 8.81. The van der Waals surface area contributed by atoms with Crippen LogP contribution < -0.4 is 0 Å². The topological polar surface area (TPSA) is 71.1 Å². The van der Waals surface area contributed by atoms with E-state index in [9.17, 15) is 9.36 Å². The molecule has 0 fully saturated rings. The molecule has 0 aromatic heterocycles. The summed E-state index contributed by atoms with van der Waals surface area (Å²) in [4.78, 5) is 11.8. The average Bonchev–Trinajstić information content (AvgIpc) is 2.53. The second kappa shape index (κ2) is 10.3. The predicted molar refractivity (Wildman–Crippen MR) is 87.3 cm³/mol. The van der Waals surface area contributed by atoms with Crippen LogP contribution in [-0.4, -0.2) is 31.9 Å². The van der Waals surface area contributed by atoms with Crippen LogP contribution in [0.25, 0.3) is 0 Å². The van der Waals surface area contributed by atoms with Gasteiger partial charge in [-0.25, -0.2) is 9.36 Å². The quantitative estimate of drug-likeness (QED) is 0.364. The van der Waals surface area contributed by atoms with Crippen LogP contribution in [0.1, 0.15) is 31.1 Å². The Hall–Kier alpha value is -1.46. The third-order valence-electron chi connectivity index (χ3n) is 2.61. The highest BCUT2D eigenvalue weighted by atomic mass is 31.2. The Balaban J connectivity index is 2.42. The highest BCUT2D eigenvalue weighted by Gasteiger charge is 2.24. The largest absolute Gasteiger partial charge is 0.475 e. The molecule has 7 heteroatoms. The summed E-state index contributed by atoms with van der Waals surface area (Å²) in [6, 6.07) is 8.73. The summed E-state index contributed by atoms with van der Waals surface area (Å²) in [5, 5.41) is 0. The summed E-state index contributed by atoms with van der Waals surface area (Å²) in [5.74, 6) is -0.405. The molecule has 23 heavy (non-hydrogen) atoms. The molecule has 0 aliphatic rings. The van der Waals surface area contributed by atoms with E-state index in [-0.39, 0.29) is 19.8 Å². The molecular weight excluding hydrogens is 319 g/mol. The Bertz CT molecular complexity index is 533. The van der Waals surface area contributed by atoms with Gasteiger partial charge in [0.2, 0.25) is 0 Å². The second-order valence-corrected chi connectivity index (χ2v) is 6.15. The summed E-state index contributed by atoms with van der Waals surface area (Å²) in [7, 11) is -3.51. The number of rotatable bonds is 10. The number of esters is 1. The molecule has 0 aliphatic heterocycles. The molecule has 0 heterocycles. The number of carbonyl (C=O) groups excluding carboxylic acids is 1. The van der Waals surface area contributed by atoms with Gasteiger partial charge in [0.15, 0.2) is 0 Å². The van der Waals surface area contributed by atoms with Crippen LogP contribution in [0.5, 0.6) is 0 Å². The van der Waals surface area contributed by atoms with Crippen LogP contribution in [0.4, 0.5) is 0 Å². The molecule has 128 valence electrons. The second-order valence-electron chi connectivity index (χ2n) is 4.48. The lowest BCUT2D eigenvalue weighted by atomic mass is 10.2. The normalized spacial score (nSPS) is 13.2. The lowest BCUT2D eigenvalue weighted by Gasteiger charge is -2.15. The fraction of sp³-hybridized carbons (Fsp3) is 0.438. The van der Waals surface area contributed by atoms with Crippen molar-refractivity contribution in [2.45, 2.75) is 26.9 Å². The minimum Gasteiger partial charge on any atom is -0.455 e. The van der Waals surface area contributed by atoms with Gasteiger partial charge in [0, 0.05) is 0 Å². The van der Waals surface area contributed by atoms with Gasteiger partial charge in [-0.1, -0.05) is 24.3 Å². The van der Waals surface area contributed by atoms with Crippen molar-refractivity contribution in [3.05, 3.63) is 48.0 Å². The summed E-state index contributed by atoms with van der Waals surface area (Å²) in [5.41, 5.74) is 0.487. The number of phosphoric ester groups is 1. The molecule has 0 saturated heterocycles. The van der Waals surface area contributed by atoms with Crippen molar-refractivity contribution in [1.29, 1.82) is 0 Å². The third-order valence-corrected chi connectivity index (χ3v) is 4.23. The van der Waals surface area contributed by atoms with Gasteiger partial charge in [0.05, 0.1) is 25.4 Å². The van der Waals surface area contributed by atoms with Gasteiger partial charge in [0.25, 0.3) is 0 Å². The van der Waals surface area contributed by atoms with Crippen molar-refractivity contribution < 1.29 is 27.7 Å². The summed E-state index contributed by atoms with van der Waals surface area (Å²) >= 11 is 0. The Morgan fingerprint density at radius 2 is 1.74 bits per heavy atom. The van der Waals surface area contributed by atoms with E-state index in [1.807, 2.05) is 6.07 Å². The zero-order valence-electron chi connectivity index (χ0n) is 13.6. The molecule has 0 radical (unpaired) electrons. The van der Waals surface area contributed by atoms with Gasteiger partial charge in [-0.3, -0.25) is 13.6 Å². The highest BCUT2D eigenvalue weighted by Crippen LogP contribution is 2.49. The third kappa shape index (κ3) is 7.57. The molecule has 0 amide bonds. The van der Waals surface area contributed by atoms with Gasteiger partial charge in [-0.15, -0.1) is 0 Å². The molecule has 0 N–H and O–H groups in total. The molecule has 1 aromatic rings. The molecule has 0 bridgehead atoms. The molecule has 6 nitrogen and oxygen atoms in total. The molecule has 0 aliphatic carbocycles. The van der Waals surface area contributed by atoms with Crippen LogP contribution in [0.15, 0.2) is 42.5 Å². The maximum atomic E-state index is 12.0. The van der Waals surface area contributed by atoms with E-state index in [2.05, 4.69) is 0 Å². The van der Waals surface area contributed by atoms with E-state index >= 15 is 0 Å². The standard InChI is InChI=1S/C16H23O6P/c1-4-19-23(18,20-5-2)21-13-9-10-14(3)22-16(17)15-11-7-6-8-12-15/h6-12,14H,4-5,13H2,1-3H3/b10-9-/t14-/m0/s1. The zero-order valence-corrected chi connectivity index (χ0v) is 14.5. The first-order chi connectivity index (χ1) is 11.0. The van der Waals surface area contributed by atoms with Crippen LogP contribution in [0.2, 0.25) is 0 Å². The van der Waals surface area contributed by atoms with Crippen molar-refractivity contribution in [1.82, 2.24) is 0 Å². The lowest BCUT2D eigenvalue weighted by Crippen LogP contribution is -2.13. The number of hydrogen-bond donors (Lipinski definition) is 0. The van der Waals surface area contributed by atoms with Gasteiger partial charge in [-0.2, -0.15) is 0 Å². The number of phosphoric acid groups is 1. The van der Waals surface area contributed by atoms with E-state index in [1.165, 1.54) is 0 Å². The monoisotopic (exact) mass is 342 g/mol. The minimum atomic E-state index is -3.51. The van der Waals surface area contributed by atoms with Crippen molar-refractivity contribution in [3.8, 4) is 0 Å². The molecule has 1 atom stereocenters. The van der Waals surface area contributed by atoms with Crippen LogP contribution in [0.3, 0.4) is 0 Å². The summed E-state index contributed by atoms with van der Waals surface area (Å²) in [6.07, 6.45) is 2.81. The first kappa shape index (κ1) is 19.6. The number of benzene rings is 1. The molecule has 0 saturated carbocycles. The van der Waals surface area contributed by atoms with E-state index < -0.39 is 19.9 Å². The van der Waals surface area contributed by atoms with Crippen molar-refractivity contribution in [2.24, 2.45) is 0 Å². The zero-order chi connectivity index (χ0) is 17.1. The molecule has 1 aromatic carbocycles. The van der Waals surface area contributed by atoms with E-state index in [4.69, 9.17) is 18.3 Å². The van der Waals surface area contributed by atoms with Gasteiger partial charge in [-0.05, 0) is 39.0 Å². The van der Waals surface area contributed by atoms with E-state index in [0.29, 0.717) is 5.56 Å². The van der Waals surface area contributed by atoms with Gasteiger partial charge in [0.1, 0.15) is 6.10 Å². The molecular formula is C16H23O6P. The summed E-state index contributed by atoms with van der Waals surface area (Å²) < 4.78 is 32.4. The Labute approximate surface area is 137 Å². The predicted octanol–water partition coefficient (Wildman–Crippen LogP) is 3.99. The van der Waals surface area contributed by atoms with Crippen LogP contribution in [0, 0.1) is 0 Å². The summed E-state index contributed by atoms with van der Waals surface area (Å²) in [6.45, 7) is 5.62. The Morgan fingerprint density at radius 1 is 1.13 bits per heavy atom. The minimum absolute atomic E-state index is 0.0322. The lowest BCUT2D eigenvalue weighted by molar-refractivity contribution is 0.0423. The van der Waals surface area contributed by atoms with Crippen molar-refractivity contribution >= 4 is 13.8 Å². The van der Waals surface area contributed by atoms with Crippen LogP contribution in [-0.2, 0) is 22.9 Å². The fourth-order valence-electron chi connectivity index (χ4n) is 1.66. The fourth-order valence-corrected chi connectivity index (χ4v) is 2.78. The van der Waals surface area contributed by atoms with E-state index in [0.717, 1.165) is 0 Å². The number of hydrogen-bond acceptors (Lipinski definition) is 6. The first-order valence-electron chi connectivity index (χ1n) is 7.47. The number of ether oxygens (including phenoxy) is 1. The Morgan fingerprint density at radius 3 is 2.30 bits per heavy atom. The maximum Gasteiger partial charge on any atom is 0.475 e. The van der Waals surface area contributed by atoms with Crippen molar-refractivity contribution in [2.75, 3.05) is 19.8 Å². The molecule has 1 rings (SSSR count). The van der Waals surface area contributed by atoms with Crippen molar-refractivity contribution in [3.63, 3.8) is 0 Å². The SMILES string of the molecule is CCOP(=O)(OCC)OC/C=C\[C@H](C)OC(=O)c1ccccc1. The number of carbonyl (C=O) groups is 1. The molecule has 0 spiro atoms. The van der Waals surface area contributed by atoms with Gasteiger partial charge >= 0.3 is 13.8 Å². The molecule has 0 unspecified atom stereocenters. The smallest absolute Gasteiger partial charge is 0.455 e.